The van der Waals surface area contributed by atoms with Gasteiger partial charge in [-0.2, -0.15) is 0 Å². The van der Waals surface area contributed by atoms with Gasteiger partial charge < -0.3 is 15.7 Å². The zero-order valence-corrected chi connectivity index (χ0v) is 12.1. The Kier molecular flexibility index (Phi) is 5.56. The lowest BCUT2D eigenvalue weighted by molar-refractivity contribution is -0.116. The van der Waals surface area contributed by atoms with Crippen molar-refractivity contribution >= 4 is 11.6 Å². The molecule has 1 aromatic rings. The van der Waals surface area contributed by atoms with Crippen LogP contribution < -0.4 is 10.6 Å². The fourth-order valence-corrected chi connectivity index (χ4v) is 2.69. The van der Waals surface area contributed by atoms with Gasteiger partial charge in [0.1, 0.15) is 0 Å². The molecule has 0 radical (unpaired) electrons. The topological polar surface area (TPSA) is 61.4 Å². The summed E-state index contributed by atoms with van der Waals surface area (Å²) >= 11 is 0. The molecular weight excluding hydrogens is 252 g/mol. The van der Waals surface area contributed by atoms with Crippen molar-refractivity contribution in [3.05, 3.63) is 29.8 Å². The predicted molar refractivity (Wildman–Crippen MR) is 80.5 cm³/mol. The first-order chi connectivity index (χ1) is 9.66. The van der Waals surface area contributed by atoms with E-state index in [1.807, 2.05) is 24.3 Å². The third kappa shape index (κ3) is 4.32. The summed E-state index contributed by atoms with van der Waals surface area (Å²) in [6.45, 7) is 3.84. The summed E-state index contributed by atoms with van der Waals surface area (Å²) in [5.41, 5.74) is 1.49. The quantitative estimate of drug-likeness (QED) is 0.774. The maximum absolute atomic E-state index is 12.0. The molecule has 1 aliphatic heterocycles. The molecule has 2 rings (SSSR count). The van der Waals surface area contributed by atoms with Crippen molar-refractivity contribution in [2.24, 2.45) is 5.92 Å². The van der Waals surface area contributed by atoms with Gasteiger partial charge in [-0.05, 0) is 51.3 Å². The number of carbonyl (C=O) groups excluding carboxylic acids is 1. The van der Waals surface area contributed by atoms with Gasteiger partial charge in [-0.15, -0.1) is 0 Å². The first-order valence-electron chi connectivity index (χ1n) is 7.44. The number of anilines is 1. The summed E-state index contributed by atoms with van der Waals surface area (Å²) in [7, 11) is 0. The van der Waals surface area contributed by atoms with Crippen molar-refractivity contribution in [2.75, 3.05) is 18.4 Å². The minimum atomic E-state index is -0.573. The molecule has 0 spiro atoms. The number of rotatable bonds is 5. The maximum atomic E-state index is 12.0. The van der Waals surface area contributed by atoms with Crippen LogP contribution in [-0.2, 0) is 4.79 Å². The Balaban J connectivity index is 1.85. The minimum Gasteiger partial charge on any atom is -0.389 e. The highest BCUT2D eigenvalue weighted by atomic mass is 16.3. The van der Waals surface area contributed by atoms with E-state index in [0.717, 1.165) is 43.6 Å². The molecule has 1 aliphatic rings. The molecular formula is C16H24N2O2. The first kappa shape index (κ1) is 15.0. The van der Waals surface area contributed by atoms with Crippen molar-refractivity contribution in [3.8, 4) is 0 Å². The third-order valence-corrected chi connectivity index (χ3v) is 3.92. The molecule has 4 nitrogen and oxygen atoms in total. The molecule has 4 heteroatoms. The number of hydrogen-bond donors (Lipinski definition) is 3. The van der Waals surface area contributed by atoms with E-state index in [-0.39, 0.29) is 5.91 Å². The molecule has 0 saturated carbocycles. The van der Waals surface area contributed by atoms with Gasteiger partial charge in [0.15, 0.2) is 0 Å². The van der Waals surface area contributed by atoms with Crippen LogP contribution in [0.3, 0.4) is 0 Å². The number of benzene rings is 1. The monoisotopic (exact) mass is 276 g/mol. The number of carbonyl (C=O) groups is 1. The summed E-state index contributed by atoms with van der Waals surface area (Å²) in [4.78, 5) is 12.0. The number of piperidine rings is 1. The standard InChI is InChI=1S/C16H24N2O2/c1-12(19)14-4-2-3-5-15(14)18-16(20)7-6-13-8-10-17-11-9-13/h2-5,12-13,17,19H,6-11H2,1H3,(H,18,20). The largest absolute Gasteiger partial charge is 0.389 e. The molecule has 110 valence electrons. The Morgan fingerprint density at radius 3 is 2.80 bits per heavy atom. The Hall–Kier alpha value is -1.39. The van der Waals surface area contributed by atoms with Crippen LogP contribution >= 0.6 is 0 Å². The Morgan fingerprint density at radius 1 is 1.40 bits per heavy atom. The molecule has 1 heterocycles. The van der Waals surface area contributed by atoms with E-state index in [1.165, 1.54) is 0 Å². The van der Waals surface area contributed by atoms with Gasteiger partial charge in [0.2, 0.25) is 5.91 Å². The van der Waals surface area contributed by atoms with Crippen molar-refractivity contribution in [1.29, 1.82) is 0 Å². The average molecular weight is 276 g/mol. The van der Waals surface area contributed by atoms with Gasteiger partial charge >= 0.3 is 0 Å². The number of hydrogen-bond acceptors (Lipinski definition) is 3. The van der Waals surface area contributed by atoms with E-state index in [0.29, 0.717) is 12.3 Å². The molecule has 0 aliphatic carbocycles. The number of aliphatic hydroxyl groups is 1. The van der Waals surface area contributed by atoms with Crippen molar-refractivity contribution in [2.45, 2.75) is 38.7 Å². The highest BCUT2D eigenvalue weighted by Crippen LogP contribution is 2.23. The zero-order chi connectivity index (χ0) is 14.4. The van der Waals surface area contributed by atoms with Crippen LogP contribution in [0.5, 0.6) is 0 Å². The van der Waals surface area contributed by atoms with Gasteiger partial charge in [0, 0.05) is 17.7 Å². The number of amides is 1. The normalized spacial score (nSPS) is 17.7. The van der Waals surface area contributed by atoms with Gasteiger partial charge in [0.05, 0.1) is 6.10 Å². The van der Waals surface area contributed by atoms with Crippen molar-refractivity contribution in [1.82, 2.24) is 5.32 Å². The van der Waals surface area contributed by atoms with Crippen LogP contribution in [-0.4, -0.2) is 24.1 Å². The Labute approximate surface area is 120 Å². The fraction of sp³-hybridized carbons (Fsp3) is 0.562. The summed E-state index contributed by atoms with van der Waals surface area (Å²) in [5.74, 6) is 0.700. The second-order valence-corrected chi connectivity index (χ2v) is 5.54. The molecule has 1 amide bonds. The number of para-hydroxylation sites is 1. The summed E-state index contributed by atoms with van der Waals surface area (Å²) in [6.07, 6.45) is 3.26. The molecule has 0 bridgehead atoms. The van der Waals surface area contributed by atoms with Gasteiger partial charge in [-0.25, -0.2) is 0 Å². The molecule has 1 unspecified atom stereocenters. The molecule has 1 fully saturated rings. The average Bonchev–Trinajstić information content (AvgIpc) is 2.46. The van der Waals surface area contributed by atoms with Gasteiger partial charge in [-0.1, -0.05) is 18.2 Å². The van der Waals surface area contributed by atoms with Crippen LogP contribution in [0.4, 0.5) is 5.69 Å². The van der Waals surface area contributed by atoms with E-state index in [9.17, 15) is 9.90 Å². The second kappa shape index (κ2) is 7.41. The number of aliphatic hydroxyl groups excluding tert-OH is 1. The molecule has 3 N–H and O–H groups in total. The summed E-state index contributed by atoms with van der Waals surface area (Å²) in [6, 6.07) is 7.42. The van der Waals surface area contributed by atoms with Crippen LogP contribution in [0.25, 0.3) is 0 Å². The molecule has 1 atom stereocenters. The Morgan fingerprint density at radius 2 is 2.10 bits per heavy atom. The zero-order valence-electron chi connectivity index (χ0n) is 12.1. The molecule has 20 heavy (non-hydrogen) atoms. The minimum absolute atomic E-state index is 0.0385. The van der Waals surface area contributed by atoms with Crippen LogP contribution in [0.2, 0.25) is 0 Å². The predicted octanol–water partition coefficient (Wildman–Crippen LogP) is 2.46. The fourth-order valence-electron chi connectivity index (χ4n) is 2.69. The Bertz CT molecular complexity index is 440. The van der Waals surface area contributed by atoms with E-state index in [1.54, 1.807) is 6.92 Å². The van der Waals surface area contributed by atoms with Crippen LogP contribution in [0.15, 0.2) is 24.3 Å². The van der Waals surface area contributed by atoms with E-state index in [2.05, 4.69) is 10.6 Å². The highest BCUT2D eigenvalue weighted by molar-refractivity contribution is 5.91. The molecule has 0 aromatic heterocycles. The summed E-state index contributed by atoms with van der Waals surface area (Å²) < 4.78 is 0. The third-order valence-electron chi connectivity index (χ3n) is 3.92. The lowest BCUT2D eigenvalue weighted by atomic mass is 9.93. The van der Waals surface area contributed by atoms with Crippen LogP contribution in [0, 0.1) is 5.92 Å². The van der Waals surface area contributed by atoms with Crippen molar-refractivity contribution in [3.63, 3.8) is 0 Å². The molecule has 1 aromatic carbocycles. The van der Waals surface area contributed by atoms with Gasteiger partial charge in [-0.3, -0.25) is 4.79 Å². The lowest BCUT2D eigenvalue weighted by Crippen LogP contribution is -2.28. The molecule has 1 saturated heterocycles. The second-order valence-electron chi connectivity index (χ2n) is 5.54. The summed E-state index contributed by atoms with van der Waals surface area (Å²) in [5, 5.41) is 15.9. The maximum Gasteiger partial charge on any atom is 0.224 e. The van der Waals surface area contributed by atoms with E-state index in [4.69, 9.17) is 0 Å². The van der Waals surface area contributed by atoms with Gasteiger partial charge in [0.25, 0.3) is 0 Å². The number of nitrogens with one attached hydrogen (secondary N) is 2. The van der Waals surface area contributed by atoms with Crippen LogP contribution in [0.1, 0.15) is 44.3 Å². The van der Waals surface area contributed by atoms with Crippen molar-refractivity contribution < 1.29 is 9.90 Å². The smallest absolute Gasteiger partial charge is 0.224 e. The SMILES string of the molecule is CC(O)c1ccccc1NC(=O)CCC1CCNCC1. The van der Waals surface area contributed by atoms with E-state index < -0.39 is 6.10 Å². The highest BCUT2D eigenvalue weighted by Gasteiger charge is 2.15. The lowest BCUT2D eigenvalue weighted by Gasteiger charge is -2.22. The first-order valence-corrected chi connectivity index (χ1v) is 7.44. The van der Waals surface area contributed by atoms with E-state index >= 15 is 0 Å².